The van der Waals surface area contributed by atoms with Gasteiger partial charge in [-0.25, -0.2) is 4.90 Å². The topological polar surface area (TPSA) is 37.4 Å². The summed E-state index contributed by atoms with van der Waals surface area (Å²) in [7, 11) is 0. The maximum Gasteiger partial charge on any atom is 0.255 e. The number of amides is 2. The first-order valence-corrected chi connectivity index (χ1v) is 7.54. The summed E-state index contributed by atoms with van der Waals surface area (Å²) >= 11 is 9.81. The zero-order valence-corrected chi connectivity index (χ0v) is 12.6. The van der Waals surface area contributed by atoms with E-state index in [4.69, 9.17) is 11.6 Å². The van der Waals surface area contributed by atoms with Gasteiger partial charge in [0.1, 0.15) is 4.87 Å². The van der Waals surface area contributed by atoms with E-state index < -0.39 is 4.87 Å². The number of anilines is 1. The van der Waals surface area contributed by atoms with Crippen LogP contribution in [0.4, 0.5) is 5.69 Å². The molecule has 0 spiro atoms. The third kappa shape index (κ3) is 1.93. The Morgan fingerprint density at radius 2 is 1.89 bits per heavy atom. The van der Waals surface area contributed by atoms with Gasteiger partial charge in [-0.2, -0.15) is 0 Å². The van der Waals surface area contributed by atoms with Gasteiger partial charge in [0.2, 0.25) is 5.91 Å². The highest BCUT2D eigenvalue weighted by Gasteiger charge is 2.59. The summed E-state index contributed by atoms with van der Waals surface area (Å²) in [5, 5.41) is 0. The molecule has 0 aromatic heterocycles. The van der Waals surface area contributed by atoms with Crippen molar-refractivity contribution in [3.05, 3.63) is 28.7 Å². The fraction of sp³-hybridized carbons (Fsp3) is 0.429. The molecule has 1 heterocycles. The molecule has 1 aromatic rings. The Balaban J connectivity index is 2.01. The van der Waals surface area contributed by atoms with Gasteiger partial charge in [-0.05, 0) is 37.1 Å². The smallest absolute Gasteiger partial charge is 0.255 e. The molecule has 0 bridgehead atoms. The number of halogens is 2. The predicted molar refractivity (Wildman–Crippen MR) is 77.2 cm³/mol. The van der Waals surface area contributed by atoms with Crippen LogP contribution in [0.1, 0.15) is 25.7 Å². The van der Waals surface area contributed by atoms with Gasteiger partial charge in [-0.1, -0.05) is 28.8 Å². The van der Waals surface area contributed by atoms with Crippen LogP contribution < -0.4 is 4.90 Å². The van der Waals surface area contributed by atoms with E-state index in [1.807, 2.05) is 12.1 Å². The Morgan fingerprint density at radius 1 is 1.21 bits per heavy atom. The number of carbonyl (C=O) groups excluding carboxylic acids is 2. The molecule has 100 valence electrons. The molecule has 2 amide bonds. The molecule has 2 aliphatic rings. The molecule has 3 rings (SSSR count). The SMILES string of the molecule is O=C1C2CCCCC2(Cl)C(=O)N1c1ccc(Br)cc1. The van der Waals surface area contributed by atoms with E-state index in [0.29, 0.717) is 18.5 Å². The molecular formula is C14H13BrClNO2. The molecule has 1 aromatic carbocycles. The number of hydrogen-bond donors (Lipinski definition) is 0. The lowest BCUT2D eigenvalue weighted by atomic mass is 9.80. The molecule has 0 N–H and O–H groups in total. The second-order valence-electron chi connectivity index (χ2n) is 5.12. The zero-order chi connectivity index (χ0) is 13.6. The van der Waals surface area contributed by atoms with Crippen molar-refractivity contribution in [2.24, 2.45) is 5.92 Å². The van der Waals surface area contributed by atoms with E-state index in [2.05, 4.69) is 15.9 Å². The van der Waals surface area contributed by atoms with Gasteiger partial charge < -0.3 is 0 Å². The van der Waals surface area contributed by atoms with Crippen molar-refractivity contribution >= 4 is 45.0 Å². The first-order valence-electron chi connectivity index (χ1n) is 6.37. The van der Waals surface area contributed by atoms with Gasteiger partial charge in [0.15, 0.2) is 0 Å². The van der Waals surface area contributed by atoms with Crippen LogP contribution >= 0.6 is 27.5 Å². The van der Waals surface area contributed by atoms with Crippen molar-refractivity contribution in [1.82, 2.24) is 0 Å². The summed E-state index contributed by atoms with van der Waals surface area (Å²) < 4.78 is 0.911. The van der Waals surface area contributed by atoms with Crippen molar-refractivity contribution < 1.29 is 9.59 Å². The molecule has 1 aliphatic heterocycles. The maximum atomic E-state index is 12.5. The minimum absolute atomic E-state index is 0.151. The highest BCUT2D eigenvalue weighted by molar-refractivity contribution is 9.10. The zero-order valence-electron chi connectivity index (χ0n) is 10.2. The van der Waals surface area contributed by atoms with Crippen LogP contribution in [-0.4, -0.2) is 16.7 Å². The second kappa shape index (κ2) is 4.60. The number of nitrogens with zero attached hydrogens (tertiary/aromatic N) is 1. The third-order valence-corrected chi connectivity index (χ3v) is 5.14. The van der Waals surface area contributed by atoms with E-state index >= 15 is 0 Å². The first-order chi connectivity index (χ1) is 9.04. The number of carbonyl (C=O) groups is 2. The standard InChI is InChI=1S/C14H13BrClNO2/c15-9-4-6-10(7-5-9)17-12(18)11-3-1-2-8-14(11,16)13(17)19/h4-7,11H,1-3,8H2. The van der Waals surface area contributed by atoms with Crippen LogP contribution in [0.5, 0.6) is 0 Å². The highest BCUT2D eigenvalue weighted by Crippen LogP contribution is 2.47. The minimum Gasteiger partial charge on any atom is -0.274 e. The summed E-state index contributed by atoms with van der Waals surface area (Å²) in [6.07, 6.45) is 3.18. The third-order valence-electron chi connectivity index (χ3n) is 4.00. The van der Waals surface area contributed by atoms with E-state index in [1.165, 1.54) is 4.90 Å². The predicted octanol–water partition coefficient (Wildman–Crippen LogP) is 3.49. The largest absolute Gasteiger partial charge is 0.274 e. The van der Waals surface area contributed by atoms with Crippen LogP contribution in [0, 0.1) is 5.92 Å². The molecule has 1 saturated heterocycles. The van der Waals surface area contributed by atoms with Crippen LogP contribution in [0.25, 0.3) is 0 Å². The Bertz CT molecular complexity index is 545. The Morgan fingerprint density at radius 3 is 2.53 bits per heavy atom. The van der Waals surface area contributed by atoms with Gasteiger partial charge in [-0.15, -0.1) is 11.6 Å². The van der Waals surface area contributed by atoms with Crippen molar-refractivity contribution in [3.63, 3.8) is 0 Å². The monoisotopic (exact) mass is 341 g/mol. The van der Waals surface area contributed by atoms with Crippen molar-refractivity contribution in [2.45, 2.75) is 30.6 Å². The normalized spacial score (nSPS) is 30.6. The van der Waals surface area contributed by atoms with Gasteiger partial charge in [0.05, 0.1) is 11.6 Å². The molecule has 19 heavy (non-hydrogen) atoms. The number of benzene rings is 1. The first kappa shape index (κ1) is 13.1. The van der Waals surface area contributed by atoms with Crippen molar-refractivity contribution in [1.29, 1.82) is 0 Å². The van der Waals surface area contributed by atoms with E-state index in [0.717, 1.165) is 17.3 Å². The fourth-order valence-electron chi connectivity index (χ4n) is 2.99. The summed E-state index contributed by atoms with van der Waals surface area (Å²) in [5.41, 5.74) is 0.604. The molecular weight excluding hydrogens is 330 g/mol. The highest BCUT2D eigenvalue weighted by atomic mass is 79.9. The lowest BCUT2D eigenvalue weighted by Gasteiger charge is -2.28. The van der Waals surface area contributed by atoms with Gasteiger partial charge in [0, 0.05) is 4.47 Å². The molecule has 3 nitrogen and oxygen atoms in total. The minimum atomic E-state index is -1.01. The van der Waals surface area contributed by atoms with E-state index in [-0.39, 0.29) is 17.7 Å². The summed E-state index contributed by atoms with van der Waals surface area (Å²) in [6, 6.07) is 7.16. The fourth-order valence-corrected chi connectivity index (χ4v) is 3.67. The van der Waals surface area contributed by atoms with Gasteiger partial charge in [-0.3, -0.25) is 9.59 Å². The summed E-state index contributed by atoms with van der Waals surface area (Å²) in [5.74, 6) is -0.771. The number of alkyl halides is 1. The van der Waals surface area contributed by atoms with Gasteiger partial charge >= 0.3 is 0 Å². The van der Waals surface area contributed by atoms with Gasteiger partial charge in [0.25, 0.3) is 5.91 Å². The van der Waals surface area contributed by atoms with Crippen LogP contribution in [0.15, 0.2) is 28.7 Å². The molecule has 2 fully saturated rings. The number of hydrogen-bond acceptors (Lipinski definition) is 2. The lowest BCUT2D eigenvalue weighted by Crippen LogP contribution is -2.39. The average Bonchev–Trinajstić information content (AvgIpc) is 2.60. The molecule has 2 unspecified atom stereocenters. The molecule has 2 atom stereocenters. The van der Waals surface area contributed by atoms with E-state index in [9.17, 15) is 9.59 Å². The Kier molecular flexibility index (Phi) is 3.18. The van der Waals surface area contributed by atoms with Crippen molar-refractivity contribution in [3.8, 4) is 0 Å². The lowest BCUT2D eigenvalue weighted by molar-refractivity contribution is -0.122. The van der Waals surface area contributed by atoms with Crippen molar-refractivity contribution in [2.75, 3.05) is 4.90 Å². The van der Waals surface area contributed by atoms with Crippen LogP contribution in [-0.2, 0) is 9.59 Å². The Hall–Kier alpha value is -0.870. The van der Waals surface area contributed by atoms with Crippen LogP contribution in [0.3, 0.4) is 0 Å². The van der Waals surface area contributed by atoms with Crippen LogP contribution in [0.2, 0.25) is 0 Å². The Labute approximate surface area is 125 Å². The average molecular weight is 343 g/mol. The summed E-state index contributed by atoms with van der Waals surface area (Å²) in [6.45, 7) is 0. The number of imide groups is 1. The summed E-state index contributed by atoms with van der Waals surface area (Å²) in [4.78, 5) is 25.2. The second-order valence-corrected chi connectivity index (χ2v) is 6.71. The quantitative estimate of drug-likeness (QED) is 0.579. The molecule has 1 aliphatic carbocycles. The van der Waals surface area contributed by atoms with E-state index in [1.54, 1.807) is 12.1 Å². The molecule has 5 heteroatoms. The number of fused-ring (bicyclic) bond motifs is 1. The molecule has 0 radical (unpaired) electrons. The number of rotatable bonds is 1. The molecule has 1 saturated carbocycles. The maximum absolute atomic E-state index is 12.5.